The summed E-state index contributed by atoms with van der Waals surface area (Å²) in [7, 11) is 0. The fourth-order valence-corrected chi connectivity index (χ4v) is 3.99. The molecule has 1 unspecified atom stereocenters. The lowest BCUT2D eigenvalue weighted by Crippen LogP contribution is -2.57. The van der Waals surface area contributed by atoms with Gasteiger partial charge in [0.05, 0.1) is 25.3 Å². The maximum Gasteiger partial charge on any atom is 0.170 e. The molecule has 2 saturated heterocycles. The van der Waals surface area contributed by atoms with Crippen LogP contribution in [0, 0.1) is 0 Å². The number of nitrogens with zero attached hydrogens (tertiary/aromatic N) is 2. The van der Waals surface area contributed by atoms with Gasteiger partial charge in [-0.05, 0) is 5.56 Å². The molecule has 22 heavy (non-hydrogen) atoms. The number of benzene rings is 1. The van der Waals surface area contributed by atoms with Crippen LogP contribution in [0.1, 0.15) is 12.0 Å². The molecule has 1 aliphatic carbocycles. The van der Waals surface area contributed by atoms with Crippen molar-refractivity contribution in [1.82, 2.24) is 9.80 Å². The number of carbonyl (C=O) groups is 1. The van der Waals surface area contributed by atoms with Crippen molar-refractivity contribution in [2.45, 2.75) is 12.1 Å². The number of ether oxygens (including phenoxy) is 1. The number of piperazine rings is 1. The number of hydrogen-bond acceptors (Lipinski definition) is 5. The van der Waals surface area contributed by atoms with Crippen LogP contribution in [-0.2, 0) is 9.53 Å². The van der Waals surface area contributed by atoms with E-state index in [4.69, 9.17) is 4.74 Å². The Balaban J connectivity index is 1.89. The Labute approximate surface area is 129 Å². The molecule has 0 bridgehead atoms. The Morgan fingerprint density at radius 1 is 1.18 bits per heavy atom. The molecular formula is C17H20N2O3. The number of aliphatic hydroxyl groups excluding tert-OH is 1. The summed E-state index contributed by atoms with van der Waals surface area (Å²) in [6.07, 6.45) is 0.383. The molecule has 0 aromatic heterocycles. The molecule has 1 atom stereocenters. The van der Waals surface area contributed by atoms with Gasteiger partial charge in [-0.1, -0.05) is 30.3 Å². The molecule has 116 valence electrons. The zero-order chi connectivity index (χ0) is 15.2. The van der Waals surface area contributed by atoms with Crippen molar-refractivity contribution in [2.24, 2.45) is 0 Å². The van der Waals surface area contributed by atoms with Gasteiger partial charge in [0.25, 0.3) is 0 Å². The van der Waals surface area contributed by atoms with Gasteiger partial charge in [-0.25, -0.2) is 0 Å². The monoisotopic (exact) mass is 300 g/mol. The number of β-amino-alcohol motifs (C(OH)–C–C–N with tert-alkyl or cyclic N) is 1. The van der Waals surface area contributed by atoms with Crippen molar-refractivity contribution < 1.29 is 14.6 Å². The van der Waals surface area contributed by atoms with Crippen molar-refractivity contribution in [3.8, 4) is 0 Å². The Hall–Kier alpha value is -1.69. The lowest BCUT2D eigenvalue weighted by Gasteiger charge is -2.46. The first-order valence-electron chi connectivity index (χ1n) is 7.84. The van der Waals surface area contributed by atoms with E-state index in [-0.39, 0.29) is 12.4 Å². The van der Waals surface area contributed by atoms with Gasteiger partial charge in [0.1, 0.15) is 0 Å². The minimum absolute atomic E-state index is 0.0792. The standard InChI is InChI=1S/C17H20N2O3/c20-10-8-18-6-7-19-9-11-22-17(19)12-14(21)15(16(17)18)13-4-2-1-3-5-13/h1-5,20H,6-12H2. The lowest BCUT2D eigenvalue weighted by atomic mass is 10.0. The molecule has 5 heteroatoms. The van der Waals surface area contributed by atoms with Gasteiger partial charge < -0.3 is 14.7 Å². The molecule has 0 amide bonds. The minimum atomic E-state index is -0.602. The summed E-state index contributed by atoms with van der Waals surface area (Å²) in [5, 5.41) is 9.40. The molecule has 2 heterocycles. The minimum Gasteiger partial charge on any atom is -0.395 e. The molecule has 4 rings (SSSR count). The van der Waals surface area contributed by atoms with E-state index < -0.39 is 5.72 Å². The second-order valence-electron chi connectivity index (χ2n) is 6.02. The van der Waals surface area contributed by atoms with Crippen LogP contribution in [0.4, 0.5) is 0 Å². The smallest absolute Gasteiger partial charge is 0.170 e. The molecule has 1 aromatic carbocycles. The van der Waals surface area contributed by atoms with Gasteiger partial charge in [0, 0.05) is 31.8 Å². The average molecular weight is 300 g/mol. The van der Waals surface area contributed by atoms with Gasteiger partial charge >= 0.3 is 0 Å². The first-order chi connectivity index (χ1) is 10.8. The number of Topliss-reactive ketones (excluding diaryl/α,β-unsaturated/α-hetero) is 1. The highest BCUT2D eigenvalue weighted by Crippen LogP contribution is 2.48. The van der Waals surface area contributed by atoms with Crippen LogP contribution in [0.5, 0.6) is 0 Å². The molecule has 0 saturated carbocycles. The molecule has 1 N–H and O–H groups in total. The fourth-order valence-electron chi connectivity index (χ4n) is 3.99. The summed E-state index contributed by atoms with van der Waals surface area (Å²) >= 11 is 0. The molecule has 5 nitrogen and oxygen atoms in total. The quantitative estimate of drug-likeness (QED) is 0.891. The van der Waals surface area contributed by atoms with Crippen LogP contribution in [-0.4, -0.2) is 65.8 Å². The molecule has 3 aliphatic rings. The third-order valence-electron chi connectivity index (χ3n) is 4.89. The van der Waals surface area contributed by atoms with Crippen LogP contribution < -0.4 is 0 Å². The topological polar surface area (TPSA) is 53.0 Å². The van der Waals surface area contributed by atoms with E-state index in [2.05, 4.69) is 9.80 Å². The van der Waals surface area contributed by atoms with Crippen LogP contribution >= 0.6 is 0 Å². The van der Waals surface area contributed by atoms with Gasteiger partial charge in [0.15, 0.2) is 11.5 Å². The Bertz CT molecular complexity index is 628. The first kappa shape index (κ1) is 13.9. The Morgan fingerprint density at radius 3 is 2.77 bits per heavy atom. The van der Waals surface area contributed by atoms with Crippen LogP contribution in [0.3, 0.4) is 0 Å². The highest BCUT2D eigenvalue weighted by molar-refractivity contribution is 6.24. The molecule has 1 spiro atoms. The number of rotatable bonds is 3. The molecular weight excluding hydrogens is 280 g/mol. The van der Waals surface area contributed by atoms with Gasteiger partial charge in [-0.3, -0.25) is 9.69 Å². The van der Waals surface area contributed by atoms with E-state index in [1.807, 2.05) is 30.3 Å². The SMILES string of the molecule is O=C1CC23OCCN2CCN(CCO)C3=C1c1ccccc1. The van der Waals surface area contributed by atoms with Crippen molar-refractivity contribution >= 4 is 11.4 Å². The van der Waals surface area contributed by atoms with Crippen molar-refractivity contribution in [1.29, 1.82) is 0 Å². The second kappa shape index (κ2) is 5.19. The molecule has 2 aliphatic heterocycles. The molecule has 2 fully saturated rings. The summed E-state index contributed by atoms with van der Waals surface area (Å²) in [4.78, 5) is 17.2. The van der Waals surface area contributed by atoms with Crippen LogP contribution in [0.25, 0.3) is 5.57 Å². The van der Waals surface area contributed by atoms with Crippen LogP contribution in [0.15, 0.2) is 36.0 Å². The highest BCUT2D eigenvalue weighted by atomic mass is 16.5. The summed E-state index contributed by atoms with van der Waals surface area (Å²) < 4.78 is 6.09. The van der Waals surface area contributed by atoms with Crippen molar-refractivity contribution in [3.05, 3.63) is 41.6 Å². The number of ketones is 1. The summed E-state index contributed by atoms with van der Waals surface area (Å²) in [5.74, 6) is 0.137. The van der Waals surface area contributed by atoms with Crippen LogP contribution in [0.2, 0.25) is 0 Å². The normalized spacial score (nSPS) is 28.2. The van der Waals surface area contributed by atoms with E-state index >= 15 is 0 Å². The molecule has 0 radical (unpaired) electrons. The Morgan fingerprint density at radius 2 is 2.00 bits per heavy atom. The maximum atomic E-state index is 12.8. The van der Waals surface area contributed by atoms with Gasteiger partial charge in [-0.2, -0.15) is 0 Å². The highest BCUT2D eigenvalue weighted by Gasteiger charge is 2.57. The fraction of sp³-hybridized carbons (Fsp3) is 0.471. The predicted molar refractivity (Wildman–Crippen MR) is 81.9 cm³/mol. The van der Waals surface area contributed by atoms with E-state index in [0.29, 0.717) is 19.6 Å². The molecule has 1 aromatic rings. The summed E-state index contributed by atoms with van der Waals surface area (Å²) in [6, 6.07) is 9.81. The van der Waals surface area contributed by atoms with Gasteiger partial charge in [0.2, 0.25) is 0 Å². The Kier molecular flexibility index (Phi) is 3.29. The first-order valence-corrected chi connectivity index (χ1v) is 7.84. The zero-order valence-electron chi connectivity index (χ0n) is 12.5. The number of allylic oxidation sites excluding steroid dienone is 1. The predicted octanol–water partition coefficient (Wildman–Crippen LogP) is 0.707. The lowest BCUT2D eigenvalue weighted by molar-refractivity contribution is -0.125. The summed E-state index contributed by atoms with van der Waals surface area (Å²) in [6.45, 7) is 3.84. The largest absolute Gasteiger partial charge is 0.395 e. The van der Waals surface area contributed by atoms with E-state index in [9.17, 15) is 9.90 Å². The van der Waals surface area contributed by atoms with E-state index in [1.165, 1.54) is 0 Å². The van der Waals surface area contributed by atoms with E-state index in [0.717, 1.165) is 36.5 Å². The second-order valence-corrected chi connectivity index (χ2v) is 6.02. The number of hydrogen-bond donors (Lipinski definition) is 1. The zero-order valence-corrected chi connectivity index (χ0v) is 12.5. The number of aliphatic hydroxyl groups is 1. The van der Waals surface area contributed by atoms with Crippen molar-refractivity contribution in [3.63, 3.8) is 0 Å². The summed E-state index contributed by atoms with van der Waals surface area (Å²) in [5.41, 5.74) is 2.07. The van der Waals surface area contributed by atoms with Crippen molar-refractivity contribution in [2.75, 3.05) is 39.4 Å². The third kappa shape index (κ3) is 1.86. The third-order valence-corrected chi connectivity index (χ3v) is 4.89. The van der Waals surface area contributed by atoms with E-state index in [1.54, 1.807) is 0 Å². The number of carbonyl (C=O) groups excluding carboxylic acids is 1. The maximum absolute atomic E-state index is 12.8. The average Bonchev–Trinajstić information content (AvgIpc) is 3.07. The van der Waals surface area contributed by atoms with Gasteiger partial charge in [-0.15, -0.1) is 0 Å².